The zero-order chi connectivity index (χ0) is 23.8. The highest BCUT2D eigenvalue weighted by atomic mass is 32.1. The minimum Gasteiger partial charge on any atom is -0.335 e. The Hall–Kier alpha value is -4.44. The van der Waals surface area contributed by atoms with E-state index in [-0.39, 0.29) is 13.3 Å². The lowest BCUT2D eigenvalue weighted by atomic mass is 10.1. The molecule has 0 atom stereocenters. The summed E-state index contributed by atoms with van der Waals surface area (Å²) >= 11 is 1.65. The van der Waals surface area contributed by atoms with Crippen molar-refractivity contribution in [3.63, 3.8) is 0 Å². The molecule has 0 unspecified atom stereocenters. The summed E-state index contributed by atoms with van der Waals surface area (Å²) in [5.74, 6) is 0.629. The SMILES string of the molecule is C.CCCC(=O)Nc1cncc(-c2cnc3n[nH]c(-c4nc5c(-c6cccs6)cncc5[nH]4)c3c2)c1. The van der Waals surface area contributed by atoms with E-state index in [2.05, 4.69) is 41.5 Å². The quantitative estimate of drug-likeness (QED) is 0.257. The highest BCUT2D eigenvalue weighted by Crippen LogP contribution is 2.33. The molecule has 9 nitrogen and oxygen atoms in total. The zero-order valence-corrected chi connectivity index (χ0v) is 19.6. The Morgan fingerprint density at radius 1 is 1.08 bits per heavy atom. The average molecular weight is 497 g/mol. The molecule has 0 radical (unpaired) electrons. The molecule has 0 aromatic carbocycles. The Bertz CT molecular complexity index is 1670. The number of thiophene rings is 1. The molecule has 0 aliphatic carbocycles. The van der Waals surface area contributed by atoms with E-state index in [1.807, 2.05) is 36.7 Å². The maximum Gasteiger partial charge on any atom is 0.224 e. The van der Waals surface area contributed by atoms with Gasteiger partial charge in [-0.3, -0.25) is 19.9 Å². The van der Waals surface area contributed by atoms with Gasteiger partial charge < -0.3 is 10.3 Å². The Morgan fingerprint density at radius 2 is 1.94 bits per heavy atom. The summed E-state index contributed by atoms with van der Waals surface area (Å²) in [6.07, 6.45) is 10.0. The summed E-state index contributed by atoms with van der Waals surface area (Å²) in [7, 11) is 0. The second kappa shape index (κ2) is 9.67. The van der Waals surface area contributed by atoms with Gasteiger partial charge in [0.15, 0.2) is 11.5 Å². The average Bonchev–Trinajstić information content (AvgIpc) is 3.63. The van der Waals surface area contributed by atoms with Crippen LogP contribution < -0.4 is 5.32 Å². The van der Waals surface area contributed by atoms with E-state index in [1.165, 1.54) is 0 Å². The van der Waals surface area contributed by atoms with Gasteiger partial charge in [0.1, 0.15) is 11.2 Å². The number of fused-ring (bicyclic) bond motifs is 2. The molecule has 0 aliphatic heterocycles. The van der Waals surface area contributed by atoms with Crippen LogP contribution in [0.3, 0.4) is 0 Å². The molecule has 180 valence electrons. The highest BCUT2D eigenvalue weighted by molar-refractivity contribution is 7.13. The van der Waals surface area contributed by atoms with E-state index in [4.69, 9.17) is 4.98 Å². The van der Waals surface area contributed by atoms with Crippen molar-refractivity contribution in [1.82, 2.24) is 35.1 Å². The summed E-state index contributed by atoms with van der Waals surface area (Å²) in [5, 5.41) is 13.2. The zero-order valence-electron chi connectivity index (χ0n) is 18.7. The van der Waals surface area contributed by atoms with Crippen molar-refractivity contribution in [3.05, 3.63) is 60.6 Å². The number of hydrogen-bond donors (Lipinski definition) is 3. The number of aromatic amines is 2. The third-order valence-electron chi connectivity index (χ3n) is 5.66. The number of carbonyl (C=O) groups excluding carboxylic acids is 1. The molecule has 10 heteroatoms. The Labute approximate surface area is 211 Å². The molecule has 36 heavy (non-hydrogen) atoms. The van der Waals surface area contributed by atoms with Gasteiger partial charge in [-0.15, -0.1) is 11.3 Å². The van der Waals surface area contributed by atoms with Gasteiger partial charge in [-0.05, 0) is 30.0 Å². The van der Waals surface area contributed by atoms with Gasteiger partial charge in [0.05, 0.1) is 29.0 Å². The van der Waals surface area contributed by atoms with E-state index in [9.17, 15) is 4.79 Å². The Kier molecular flexibility index (Phi) is 6.26. The molecule has 0 saturated heterocycles. The Balaban J connectivity index is 0.00000267. The van der Waals surface area contributed by atoms with Crippen LogP contribution in [0.5, 0.6) is 0 Å². The number of anilines is 1. The Morgan fingerprint density at radius 3 is 2.78 bits per heavy atom. The van der Waals surface area contributed by atoms with E-state index < -0.39 is 0 Å². The minimum atomic E-state index is -0.0292. The van der Waals surface area contributed by atoms with Crippen molar-refractivity contribution in [1.29, 1.82) is 0 Å². The van der Waals surface area contributed by atoms with Crippen molar-refractivity contribution in [2.75, 3.05) is 5.32 Å². The van der Waals surface area contributed by atoms with Crippen LogP contribution in [0, 0.1) is 0 Å². The number of pyridine rings is 3. The highest BCUT2D eigenvalue weighted by Gasteiger charge is 2.17. The third-order valence-corrected chi connectivity index (χ3v) is 6.56. The van der Waals surface area contributed by atoms with E-state index in [0.717, 1.165) is 50.1 Å². The van der Waals surface area contributed by atoms with Gasteiger partial charge in [0.2, 0.25) is 5.91 Å². The predicted octanol–water partition coefficient (Wildman–Crippen LogP) is 6.06. The molecule has 6 aromatic heterocycles. The maximum absolute atomic E-state index is 12.0. The number of amides is 1. The lowest BCUT2D eigenvalue weighted by molar-refractivity contribution is -0.116. The first kappa shape index (κ1) is 23.3. The molecular formula is C26H24N8OS. The van der Waals surface area contributed by atoms with Crippen LogP contribution in [0.2, 0.25) is 0 Å². The summed E-state index contributed by atoms with van der Waals surface area (Å²) in [5.41, 5.74) is 6.35. The number of rotatable bonds is 6. The maximum atomic E-state index is 12.0. The van der Waals surface area contributed by atoms with Gasteiger partial charge in [-0.2, -0.15) is 5.10 Å². The summed E-state index contributed by atoms with van der Waals surface area (Å²) in [6, 6.07) is 7.97. The molecular weight excluding hydrogens is 472 g/mol. The predicted molar refractivity (Wildman–Crippen MR) is 144 cm³/mol. The van der Waals surface area contributed by atoms with Crippen LogP contribution in [0.15, 0.2) is 60.6 Å². The third kappa shape index (κ3) is 4.22. The lowest BCUT2D eigenvalue weighted by Gasteiger charge is -2.07. The fourth-order valence-electron chi connectivity index (χ4n) is 4.02. The van der Waals surface area contributed by atoms with Crippen molar-refractivity contribution in [2.45, 2.75) is 27.2 Å². The molecule has 3 N–H and O–H groups in total. The molecule has 1 amide bonds. The normalized spacial score (nSPS) is 11.0. The first-order valence-corrected chi connectivity index (χ1v) is 12.0. The second-order valence-corrected chi connectivity index (χ2v) is 9.05. The van der Waals surface area contributed by atoms with Gasteiger partial charge in [-0.25, -0.2) is 9.97 Å². The van der Waals surface area contributed by atoms with E-state index in [0.29, 0.717) is 23.6 Å². The van der Waals surface area contributed by atoms with Crippen molar-refractivity contribution in [3.8, 4) is 33.1 Å². The smallest absolute Gasteiger partial charge is 0.224 e. The standard InChI is InChI=1S/C25H20N8OS.CH4/c1-2-4-21(34)29-16-7-14(9-26-11-16)15-8-17-23(32-33-24(17)28-10-15)25-30-19-13-27-12-18(22(19)31-25)20-5-3-6-35-20;/h3,5-13H,2,4H2,1H3,(H,29,34)(H,30,31)(H,28,32,33);1H4. The summed E-state index contributed by atoms with van der Waals surface area (Å²) in [4.78, 5) is 34.6. The number of carbonyl (C=O) groups is 1. The van der Waals surface area contributed by atoms with Crippen LogP contribution in [-0.2, 0) is 4.79 Å². The van der Waals surface area contributed by atoms with Gasteiger partial charge in [0.25, 0.3) is 0 Å². The van der Waals surface area contributed by atoms with Gasteiger partial charge in [0, 0.05) is 46.6 Å². The number of nitrogens with zero attached hydrogens (tertiary/aromatic N) is 5. The van der Waals surface area contributed by atoms with Crippen LogP contribution in [0.4, 0.5) is 5.69 Å². The summed E-state index contributed by atoms with van der Waals surface area (Å²) in [6.45, 7) is 1.97. The molecule has 0 bridgehead atoms. The van der Waals surface area contributed by atoms with Gasteiger partial charge in [-0.1, -0.05) is 20.4 Å². The number of nitrogens with one attached hydrogen (secondary N) is 3. The first-order chi connectivity index (χ1) is 17.2. The van der Waals surface area contributed by atoms with Crippen molar-refractivity contribution in [2.24, 2.45) is 0 Å². The molecule has 0 aliphatic rings. The van der Waals surface area contributed by atoms with Gasteiger partial charge >= 0.3 is 0 Å². The molecule has 6 aromatic rings. The number of imidazole rings is 1. The molecule has 0 spiro atoms. The van der Waals surface area contributed by atoms with Crippen LogP contribution in [-0.4, -0.2) is 41.0 Å². The minimum absolute atomic E-state index is 0. The molecule has 0 saturated carbocycles. The molecule has 6 heterocycles. The first-order valence-electron chi connectivity index (χ1n) is 11.2. The second-order valence-electron chi connectivity index (χ2n) is 8.10. The van der Waals surface area contributed by atoms with Crippen molar-refractivity contribution >= 4 is 45.0 Å². The molecule has 0 fully saturated rings. The fourth-order valence-corrected chi connectivity index (χ4v) is 4.76. The largest absolute Gasteiger partial charge is 0.335 e. The monoisotopic (exact) mass is 496 g/mol. The summed E-state index contributed by atoms with van der Waals surface area (Å²) < 4.78 is 0. The number of hydrogen-bond acceptors (Lipinski definition) is 7. The van der Waals surface area contributed by atoms with E-state index >= 15 is 0 Å². The number of aromatic nitrogens is 7. The number of H-pyrrole nitrogens is 2. The fraction of sp³-hybridized carbons (Fsp3) is 0.154. The van der Waals surface area contributed by atoms with E-state index in [1.54, 1.807) is 36.1 Å². The van der Waals surface area contributed by atoms with Crippen LogP contribution in [0.1, 0.15) is 27.2 Å². The van der Waals surface area contributed by atoms with Crippen LogP contribution >= 0.6 is 11.3 Å². The van der Waals surface area contributed by atoms with Crippen LogP contribution in [0.25, 0.3) is 55.2 Å². The molecule has 6 rings (SSSR count). The topological polar surface area (TPSA) is 125 Å². The van der Waals surface area contributed by atoms with Crippen molar-refractivity contribution < 1.29 is 4.79 Å². The lowest BCUT2D eigenvalue weighted by Crippen LogP contribution is -2.10.